The zero-order chi connectivity index (χ0) is 18.4. The quantitative estimate of drug-likeness (QED) is 0.808. The van der Waals surface area contributed by atoms with E-state index in [2.05, 4.69) is 15.3 Å². The molecule has 26 heavy (non-hydrogen) atoms. The second kappa shape index (κ2) is 8.73. The summed E-state index contributed by atoms with van der Waals surface area (Å²) in [5, 5.41) is 2.97. The summed E-state index contributed by atoms with van der Waals surface area (Å²) in [5.74, 6) is 0.305. The minimum Gasteiger partial charge on any atom is -0.379 e. The molecule has 1 aromatic carbocycles. The van der Waals surface area contributed by atoms with Crippen molar-refractivity contribution in [3.8, 4) is 0 Å². The van der Waals surface area contributed by atoms with Crippen molar-refractivity contribution in [2.45, 2.75) is 38.5 Å². The van der Waals surface area contributed by atoms with Crippen molar-refractivity contribution < 1.29 is 14.3 Å². The lowest BCUT2D eigenvalue weighted by Crippen LogP contribution is -2.50. The predicted octanol–water partition coefficient (Wildman–Crippen LogP) is 1.11. The molecular formula is C19H23N3O4. The lowest BCUT2D eigenvalue weighted by molar-refractivity contribution is -0.126. The summed E-state index contributed by atoms with van der Waals surface area (Å²) in [5.41, 5.74) is 1.14. The van der Waals surface area contributed by atoms with E-state index in [0.29, 0.717) is 37.6 Å². The van der Waals surface area contributed by atoms with E-state index in [0.717, 1.165) is 5.56 Å². The minimum absolute atomic E-state index is 0.00856. The average molecular weight is 357 g/mol. The molecule has 138 valence electrons. The zero-order valence-corrected chi connectivity index (χ0v) is 14.7. The fourth-order valence-corrected chi connectivity index (χ4v) is 2.89. The van der Waals surface area contributed by atoms with Crippen LogP contribution in [0.4, 0.5) is 0 Å². The predicted molar refractivity (Wildman–Crippen MR) is 95.7 cm³/mol. The highest BCUT2D eigenvalue weighted by Gasteiger charge is 2.28. The first-order valence-corrected chi connectivity index (χ1v) is 8.69. The summed E-state index contributed by atoms with van der Waals surface area (Å²) in [6.07, 6.45) is 1.89. The lowest BCUT2D eigenvalue weighted by Gasteiger charge is -2.32. The number of hydrogen-bond acceptors (Lipinski definition) is 5. The van der Waals surface area contributed by atoms with Gasteiger partial charge >= 0.3 is 0 Å². The fraction of sp³-hybridized carbons (Fsp3) is 0.421. The van der Waals surface area contributed by atoms with Crippen LogP contribution >= 0.6 is 0 Å². The van der Waals surface area contributed by atoms with Crippen molar-refractivity contribution in [3.05, 3.63) is 63.8 Å². The molecule has 0 bridgehead atoms. The molecule has 7 nitrogen and oxygen atoms in total. The molecule has 7 heteroatoms. The number of benzene rings is 1. The number of aromatic nitrogens is 2. The van der Waals surface area contributed by atoms with Gasteiger partial charge < -0.3 is 19.8 Å². The van der Waals surface area contributed by atoms with Crippen LogP contribution in [0.3, 0.4) is 0 Å². The van der Waals surface area contributed by atoms with E-state index < -0.39 is 0 Å². The molecule has 1 amide bonds. The van der Waals surface area contributed by atoms with Crippen LogP contribution in [0.2, 0.25) is 0 Å². The molecule has 1 fully saturated rings. The third-order valence-corrected chi connectivity index (χ3v) is 4.31. The van der Waals surface area contributed by atoms with E-state index in [1.165, 1.54) is 6.20 Å². The summed E-state index contributed by atoms with van der Waals surface area (Å²) in [7, 11) is 0. The number of carbonyl (C=O) groups is 1. The van der Waals surface area contributed by atoms with Gasteiger partial charge in [-0.05, 0) is 18.9 Å². The number of aryl methyl sites for hydroxylation is 1. The molecule has 0 radical (unpaired) electrons. The van der Waals surface area contributed by atoms with Crippen LogP contribution < -0.4 is 10.9 Å². The summed E-state index contributed by atoms with van der Waals surface area (Å²) >= 11 is 0. The second-order valence-electron chi connectivity index (χ2n) is 6.37. The summed E-state index contributed by atoms with van der Waals surface area (Å²) < 4.78 is 11.4. The summed E-state index contributed by atoms with van der Waals surface area (Å²) in [4.78, 5) is 30.9. The van der Waals surface area contributed by atoms with Gasteiger partial charge in [-0.3, -0.25) is 9.59 Å². The number of carbonyl (C=O) groups excluding carboxylic acids is 1. The highest BCUT2D eigenvalue weighted by molar-refractivity contribution is 5.78. The van der Waals surface area contributed by atoms with Gasteiger partial charge in [0, 0.05) is 18.4 Å². The third kappa shape index (κ3) is 5.00. The fourth-order valence-electron chi connectivity index (χ4n) is 2.89. The normalized spacial score (nSPS) is 19.9. The monoisotopic (exact) mass is 357 g/mol. The van der Waals surface area contributed by atoms with Crippen LogP contribution in [0.15, 0.2) is 41.3 Å². The molecule has 3 rings (SSSR count). The highest BCUT2D eigenvalue weighted by atomic mass is 16.5. The molecule has 2 heterocycles. The first-order chi connectivity index (χ1) is 12.6. The second-order valence-corrected chi connectivity index (χ2v) is 6.37. The molecule has 2 atom stereocenters. The Morgan fingerprint density at radius 3 is 2.96 bits per heavy atom. The molecule has 0 spiro atoms. The van der Waals surface area contributed by atoms with Crippen LogP contribution in [0.25, 0.3) is 0 Å². The number of nitrogens with one attached hydrogen (secondary N) is 2. The number of H-pyrrole nitrogens is 1. The van der Waals surface area contributed by atoms with E-state index in [-0.39, 0.29) is 30.0 Å². The lowest BCUT2D eigenvalue weighted by atomic mass is 10.1. The molecule has 1 aliphatic heterocycles. The number of aromatic amines is 1. The Hall–Kier alpha value is -2.51. The maximum Gasteiger partial charge on any atom is 0.254 e. The number of ether oxygens (including phenoxy) is 2. The van der Waals surface area contributed by atoms with Gasteiger partial charge in [-0.25, -0.2) is 4.98 Å². The smallest absolute Gasteiger partial charge is 0.254 e. The first kappa shape index (κ1) is 18.3. The first-order valence-electron chi connectivity index (χ1n) is 8.69. The Bertz CT molecular complexity index is 791. The topological polar surface area (TPSA) is 93.3 Å². The number of hydrogen-bond donors (Lipinski definition) is 2. The molecule has 2 aromatic rings. The van der Waals surface area contributed by atoms with Gasteiger partial charge in [-0.15, -0.1) is 0 Å². The van der Waals surface area contributed by atoms with Gasteiger partial charge in [0.2, 0.25) is 5.91 Å². The molecular weight excluding hydrogens is 334 g/mol. The number of amides is 1. The molecule has 2 N–H and O–H groups in total. The van der Waals surface area contributed by atoms with Gasteiger partial charge in [0.25, 0.3) is 5.56 Å². The van der Waals surface area contributed by atoms with Crippen LogP contribution in [-0.4, -0.2) is 41.2 Å². The SMILES string of the molecule is Cc1ncc(CC(=O)N[C@@H]2CCOC[C@H]2OCc2ccccc2)c(=O)[nH]1. The number of nitrogens with zero attached hydrogens (tertiary/aromatic N) is 1. The number of rotatable bonds is 6. The summed E-state index contributed by atoms with van der Waals surface area (Å²) in [6, 6.07) is 9.72. The van der Waals surface area contributed by atoms with Crippen molar-refractivity contribution >= 4 is 5.91 Å². The average Bonchev–Trinajstić information content (AvgIpc) is 2.64. The van der Waals surface area contributed by atoms with Gasteiger partial charge in [0.05, 0.1) is 25.7 Å². The van der Waals surface area contributed by atoms with E-state index in [1.807, 2.05) is 30.3 Å². The summed E-state index contributed by atoms with van der Waals surface area (Å²) in [6.45, 7) is 3.16. The van der Waals surface area contributed by atoms with Crippen molar-refractivity contribution in [1.29, 1.82) is 0 Å². The van der Waals surface area contributed by atoms with E-state index >= 15 is 0 Å². The maximum absolute atomic E-state index is 12.3. The third-order valence-electron chi connectivity index (χ3n) is 4.31. The Balaban J connectivity index is 1.57. The van der Waals surface area contributed by atoms with Gasteiger partial charge in [0.15, 0.2) is 0 Å². The Kier molecular flexibility index (Phi) is 6.14. The highest BCUT2D eigenvalue weighted by Crippen LogP contribution is 2.14. The van der Waals surface area contributed by atoms with E-state index in [9.17, 15) is 9.59 Å². The van der Waals surface area contributed by atoms with Crippen molar-refractivity contribution in [1.82, 2.24) is 15.3 Å². The van der Waals surface area contributed by atoms with Gasteiger partial charge in [-0.1, -0.05) is 30.3 Å². The zero-order valence-electron chi connectivity index (χ0n) is 14.7. The molecule has 1 aromatic heterocycles. The van der Waals surface area contributed by atoms with E-state index in [1.54, 1.807) is 6.92 Å². The van der Waals surface area contributed by atoms with Crippen molar-refractivity contribution in [2.75, 3.05) is 13.2 Å². The van der Waals surface area contributed by atoms with Crippen molar-refractivity contribution in [3.63, 3.8) is 0 Å². The molecule has 1 saturated heterocycles. The van der Waals surface area contributed by atoms with Crippen LogP contribution in [-0.2, 0) is 27.3 Å². The minimum atomic E-state index is -0.281. The molecule has 0 saturated carbocycles. The van der Waals surface area contributed by atoms with Crippen LogP contribution in [0.5, 0.6) is 0 Å². The van der Waals surface area contributed by atoms with Gasteiger partial charge in [-0.2, -0.15) is 0 Å². The Morgan fingerprint density at radius 1 is 1.38 bits per heavy atom. The molecule has 1 aliphatic rings. The van der Waals surface area contributed by atoms with Crippen LogP contribution in [0, 0.1) is 6.92 Å². The van der Waals surface area contributed by atoms with Gasteiger partial charge in [0.1, 0.15) is 11.9 Å². The Labute approximate surface area is 151 Å². The van der Waals surface area contributed by atoms with Crippen LogP contribution in [0.1, 0.15) is 23.4 Å². The maximum atomic E-state index is 12.3. The Morgan fingerprint density at radius 2 is 2.19 bits per heavy atom. The van der Waals surface area contributed by atoms with Crippen molar-refractivity contribution in [2.24, 2.45) is 0 Å². The van der Waals surface area contributed by atoms with E-state index in [4.69, 9.17) is 9.47 Å². The molecule has 0 aliphatic carbocycles. The standard InChI is InChI=1S/C19H23N3O4/c1-13-20-10-15(19(24)21-13)9-18(23)22-16-7-8-25-12-17(16)26-11-14-5-3-2-4-6-14/h2-6,10,16-17H,7-9,11-12H2,1H3,(H,22,23)(H,20,21,24)/t16-,17-/m1/s1. The largest absolute Gasteiger partial charge is 0.379 e. The molecule has 0 unspecified atom stereocenters.